The summed E-state index contributed by atoms with van der Waals surface area (Å²) in [4.78, 5) is 41.2. The Morgan fingerprint density at radius 1 is 1.19 bits per heavy atom. The summed E-state index contributed by atoms with van der Waals surface area (Å²) in [7, 11) is 1.75. The van der Waals surface area contributed by atoms with Gasteiger partial charge in [-0.25, -0.2) is 4.79 Å². The Bertz CT molecular complexity index is 1080. The van der Waals surface area contributed by atoms with Gasteiger partial charge in [0.15, 0.2) is 0 Å². The Morgan fingerprint density at radius 3 is 2.58 bits per heavy atom. The second kappa shape index (κ2) is 10.4. The normalized spacial score (nSPS) is 22.6. The maximum Gasteiger partial charge on any atom is 0.410 e. The van der Waals surface area contributed by atoms with Gasteiger partial charge in [0.2, 0.25) is 18.2 Å². The predicted molar refractivity (Wildman–Crippen MR) is 133 cm³/mol. The lowest BCUT2D eigenvalue weighted by atomic mass is 10.0. The van der Waals surface area contributed by atoms with Crippen LogP contribution in [0.1, 0.15) is 52.0 Å². The highest BCUT2D eigenvalue weighted by Gasteiger charge is 2.42. The average molecular weight is 499 g/mol. The zero-order valence-corrected chi connectivity index (χ0v) is 21.2. The van der Waals surface area contributed by atoms with Gasteiger partial charge in [0.05, 0.1) is 23.0 Å². The van der Waals surface area contributed by atoms with Crippen molar-refractivity contribution >= 4 is 29.3 Å². The van der Waals surface area contributed by atoms with E-state index in [2.05, 4.69) is 17.2 Å². The van der Waals surface area contributed by atoms with Crippen molar-refractivity contribution in [3.63, 3.8) is 0 Å². The van der Waals surface area contributed by atoms with Gasteiger partial charge in [-0.05, 0) is 52.2 Å². The summed E-state index contributed by atoms with van der Waals surface area (Å²) < 4.78 is 11.4. The molecule has 2 atom stereocenters. The number of piperidine rings is 2. The molecule has 0 spiro atoms. The van der Waals surface area contributed by atoms with Crippen molar-refractivity contribution in [2.75, 3.05) is 36.5 Å². The van der Waals surface area contributed by atoms with Crippen molar-refractivity contribution in [3.8, 4) is 11.8 Å². The topological polar surface area (TPSA) is 112 Å². The summed E-state index contributed by atoms with van der Waals surface area (Å²) in [5, 5.41) is 13.2. The molecule has 0 bridgehead atoms. The van der Waals surface area contributed by atoms with Gasteiger partial charge in [0, 0.05) is 26.6 Å². The van der Waals surface area contributed by atoms with Gasteiger partial charge >= 0.3 is 6.09 Å². The molecule has 3 amide bonds. The lowest BCUT2D eigenvalue weighted by Crippen LogP contribution is -2.56. The van der Waals surface area contributed by atoms with Gasteiger partial charge < -0.3 is 29.3 Å². The number of rotatable bonds is 3. The van der Waals surface area contributed by atoms with Crippen LogP contribution in [0.4, 0.5) is 16.2 Å². The number of nitrogens with one attached hydrogen (secondary N) is 1. The van der Waals surface area contributed by atoms with Crippen molar-refractivity contribution in [2.24, 2.45) is 0 Å². The van der Waals surface area contributed by atoms with Crippen LogP contribution in [0.2, 0.25) is 0 Å². The monoisotopic (exact) mass is 498 g/mol. The first kappa shape index (κ1) is 25.8. The Balaban J connectivity index is 1.36. The molecule has 0 saturated carbocycles. The molecule has 10 nitrogen and oxygen atoms in total. The second-order valence-corrected chi connectivity index (χ2v) is 10.3. The van der Waals surface area contributed by atoms with E-state index in [-0.39, 0.29) is 31.1 Å². The molecule has 10 heteroatoms. The highest BCUT2D eigenvalue weighted by molar-refractivity contribution is 6.02. The number of fused-ring (bicyclic) bond motifs is 1. The zero-order valence-electron chi connectivity index (χ0n) is 21.2. The number of hydrogen-bond acceptors (Lipinski definition) is 8. The lowest BCUT2D eigenvalue weighted by Gasteiger charge is -2.34. The molecule has 36 heavy (non-hydrogen) atoms. The van der Waals surface area contributed by atoms with Crippen LogP contribution < -0.4 is 15.1 Å². The van der Waals surface area contributed by atoms with E-state index in [9.17, 15) is 19.5 Å². The largest absolute Gasteiger partial charge is 0.444 e. The maximum absolute atomic E-state index is 12.4. The first-order chi connectivity index (χ1) is 17.0. The molecular formula is C26H34N4O6. The number of aliphatic hydroxyl groups excluding tert-OH is 1. The highest BCUT2D eigenvalue weighted by Crippen LogP contribution is 2.42. The van der Waals surface area contributed by atoms with Gasteiger partial charge in [0.25, 0.3) is 0 Å². The van der Waals surface area contributed by atoms with Crippen molar-refractivity contribution < 1.29 is 29.0 Å². The Kier molecular flexibility index (Phi) is 7.43. The summed E-state index contributed by atoms with van der Waals surface area (Å²) in [6.07, 6.45) is 0.689. The quantitative estimate of drug-likeness (QED) is 0.479. The van der Waals surface area contributed by atoms with Crippen LogP contribution in [-0.4, -0.2) is 78.8 Å². The number of benzene rings is 1. The number of likely N-dealkylation sites (tertiary alicyclic amines) is 1. The highest BCUT2D eigenvalue weighted by atomic mass is 16.6. The molecule has 0 aliphatic carbocycles. The van der Waals surface area contributed by atoms with E-state index in [1.54, 1.807) is 21.7 Å². The van der Waals surface area contributed by atoms with E-state index in [0.717, 1.165) is 18.5 Å². The molecule has 2 unspecified atom stereocenters. The molecule has 2 fully saturated rings. The number of carbonyl (C=O) groups is 3. The Hall–Kier alpha value is -3.29. The number of para-hydroxylation sites is 1. The third-order valence-corrected chi connectivity index (χ3v) is 6.49. The van der Waals surface area contributed by atoms with Crippen molar-refractivity contribution in [1.29, 1.82) is 0 Å². The fraction of sp³-hybridized carbons (Fsp3) is 0.577. The van der Waals surface area contributed by atoms with Gasteiger partial charge in [-0.1, -0.05) is 17.9 Å². The number of imide groups is 1. The van der Waals surface area contributed by atoms with Crippen molar-refractivity contribution in [1.82, 2.24) is 10.2 Å². The van der Waals surface area contributed by atoms with Gasteiger partial charge in [-0.3, -0.25) is 14.9 Å². The first-order valence-electron chi connectivity index (χ1n) is 12.3. The number of aliphatic hydroxyl groups is 1. The number of nitrogens with zero attached hydrogens (tertiary/aromatic N) is 3. The fourth-order valence-corrected chi connectivity index (χ4v) is 4.74. The summed E-state index contributed by atoms with van der Waals surface area (Å²) in [6.45, 7) is 6.96. The molecule has 3 aliphatic rings. The summed E-state index contributed by atoms with van der Waals surface area (Å²) >= 11 is 0. The summed E-state index contributed by atoms with van der Waals surface area (Å²) in [5.41, 5.74) is 1.63. The molecule has 1 aromatic rings. The molecule has 0 radical (unpaired) electrons. The number of amides is 3. The molecule has 2 N–H and O–H groups in total. The van der Waals surface area contributed by atoms with E-state index in [0.29, 0.717) is 30.8 Å². The van der Waals surface area contributed by atoms with Crippen LogP contribution in [0.5, 0.6) is 0 Å². The van der Waals surface area contributed by atoms with Gasteiger partial charge in [-0.15, -0.1) is 0 Å². The smallest absolute Gasteiger partial charge is 0.410 e. The SMILES string of the molecule is CN1c2c(C#CCOC3CCN(C(=O)OC(C)(C)C)CC3)cccc2N(C2CCC(=O)NC2=O)C1O. The van der Waals surface area contributed by atoms with E-state index >= 15 is 0 Å². The zero-order chi connectivity index (χ0) is 26.0. The fourth-order valence-electron chi connectivity index (χ4n) is 4.74. The van der Waals surface area contributed by atoms with Gasteiger partial charge in [0.1, 0.15) is 18.2 Å². The van der Waals surface area contributed by atoms with E-state index < -0.39 is 23.9 Å². The maximum atomic E-state index is 12.4. The standard InChI is InChI=1S/C26H34N4O6/c1-26(2,3)36-25(34)29-14-12-18(13-15-29)35-16-6-8-17-7-5-9-19-22(17)28(4)24(33)30(19)20-10-11-21(31)27-23(20)32/h5,7,9,18,20,24,33H,10-16H2,1-4H3,(H,27,31,32). The van der Waals surface area contributed by atoms with E-state index in [4.69, 9.17) is 9.47 Å². The van der Waals surface area contributed by atoms with Crippen LogP contribution in [0.15, 0.2) is 18.2 Å². The molecule has 194 valence electrons. The minimum atomic E-state index is -1.04. The van der Waals surface area contributed by atoms with Crippen LogP contribution >= 0.6 is 0 Å². The molecule has 3 heterocycles. The second-order valence-electron chi connectivity index (χ2n) is 10.3. The molecule has 0 aromatic heterocycles. The minimum absolute atomic E-state index is 0.0204. The summed E-state index contributed by atoms with van der Waals surface area (Å²) in [5.74, 6) is 5.49. The molecule has 1 aromatic carbocycles. The van der Waals surface area contributed by atoms with Crippen molar-refractivity contribution in [3.05, 3.63) is 23.8 Å². The average Bonchev–Trinajstić information content (AvgIpc) is 3.07. The van der Waals surface area contributed by atoms with Crippen LogP contribution in [0.3, 0.4) is 0 Å². The first-order valence-corrected chi connectivity index (χ1v) is 12.3. The minimum Gasteiger partial charge on any atom is -0.444 e. The predicted octanol–water partition coefficient (Wildman–Crippen LogP) is 1.79. The third-order valence-electron chi connectivity index (χ3n) is 6.49. The van der Waals surface area contributed by atoms with Crippen LogP contribution in [-0.2, 0) is 19.1 Å². The Morgan fingerprint density at radius 2 is 1.92 bits per heavy atom. The van der Waals surface area contributed by atoms with E-state index in [1.165, 1.54) is 0 Å². The number of hydrogen-bond donors (Lipinski definition) is 2. The van der Waals surface area contributed by atoms with Gasteiger partial charge in [-0.2, -0.15) is 0 Å². The Labute approximate surface area is 211 Å². The number of anilines is 2. The van der Waals surface area contributed by atoms with Crippen molar-refractivity contribution in [2.45, 2.75) is 70.6 Å². The molecule has 3 aliphatic heterocycles. The summed E-state index contributed by atoms with van der Waals surface area (Å²) in [6, 6.07) is 4.90. The lowest BCUT2D eigenvalue weighted by molar-refractivity contribution is -0.134. The number of ether oxygens (including phenoxy) is 2. The van der Waals surface area contributed by atoms with Crippen LogP contribution in [0.25, 0.3) is 0 Å². The molecular weight excluding hydrogens is 464 g/mol. The molecule has 2 saturated heterocycles. The third kappa shape index (κ3) is 5.58. The number of carbonyl (C=O) groups excluding carboxylic acids is 3. The van der Waals surface area contributed by atoms with E-state index in [1.807, 2.05) is 39.0 Å². The van der Waals surface area contributed by atoms with Crippen LogP contribution in [0, 0.1) is 11.8 Å². The molecule has 4 rings (SSSR count).